The first-order valence-electron chi connectivity index (χ1n) is 5.34. The lowest BCUT2D eigenvalue weighted by Gasteiger charge is -2.17. The van der Waals surface area contributed by atoms with Gasteiger partial charge >= 0.3 is 0 Å². The summed E-state index contributed by atoms with van der Waals surface area (Å²) in [6.45, 7) is 1.78. The van der Waals surface area contributed by atoms with Gasteiger partial charge < -0.3 is 5.32 Å². The van der Waals surface area contributed by atoms with E-state index in [1.165, 1.54) is 12.1 Å². The van der Waals surface area contributed by atoms with Crippen LogP contribution in [0.25, 0.3) is 0 Å². The lowest BCUT2D eigenvalue weighted by Crippen LogP contribution is -2.15. The lowest BCUT2D eigenvalue weighted by atomic mass is 9.93. The van der Waals surface area contributed by atoms with Gasteiger partial charge in [-0.3, -0.25) is 0 Å². The molecule has 16 heavy (non-hydrogen) atoms. The van der Waals surface area contributed by atoms with Gasteiger partial charge in [0.1, 0.15) is 5.82 Å². The molecular formula is C12H13FN2O. The molecule has 0 radical (unpaired) electrons. The average molecular weight is 220 g/mol. The summed E-state index contributed by atoms with van der Waals surface area (Å²) in [7, 11) is 0. The maximum absolute atomic E-state index is 12.8. The van der Waals surface area contributed by atoms with Gasteiger partial charge in [0.05, 0.1) is 6.04 Å². The summed E-state index contributed by atoms with van der Waals surface area (Å²) in [5.74, 6) is 0.0223. The van der Waals surface area contributed by atoms with E-state index in [2.05, 4.69) is 10.3 Å². The van der Waals surface area contributed by atoms with Crippen molar-refractivity contribution in [3.05, 3.63) is 35.6 Å². The number of aliphatic imine (C=N–C) groups is 1. The minimum Gasteiger partial charge on any atom is -0.316 e. The van der Waals surface area contributed by atoms with Gasteiger partial charge in [-0.15, -0.1) is 0 Å². The first-order chi connectivity index (χ1) is 7.81. The number of hydrogen-bond acceptors (Lipinski definition) is 3. The summed E-state index contributed by atoms with van der Waals surface area (Å²) >= 11 is 0. The number of isocyanates is 1. The fourth-order valence-electron chi connectivity index (χ4n) is 2.12. The molecule has 0 aromatic heterocycles. The number of hydrogen-bond donors (Lipinski definition) is 1. The van der Waals surface area contributed by atoms with Gasteiger partial charge in [0.25, 0.3) is 0 Å². The van der Waals surface area contributed by atoms with Crippen LogP contribution in [0, 0.1) is 11.7 Å². The summed E-state index contributed by atoms with van der Waals surface area (Å²) < 4.78 is 12.8. The monoisotopic (exact) mass is 220 g/mol. The van der Waals surface area contributed by atoms with E-state index in [1.807, 2.05) is 0 Å². The Labute approximate surface area is 93.4 Å². The van der Waals surface area contributed by atoms with Crippen LogP contribution in [0.4, 0.5) is 4.39 Å². The van der Waals surface area contributed by atoms with Crippen molar-refractivity contribution in [2.45, 2.75) is 12.5 Å². The lowest BCUT2D eigenvalue weighted by molar-refractivity contribution is 0.465. The van der Waals surface area contributed by atoms with Crippen molar-refractivity contribution in [3.8, 4) is 0 Å². The zero-order valence-corrected chi connectivity index (χ0v) is 8.82. The Balaban J connectivity index is 2.24. The molecule has 1 aromatic carbocycles. The Bertz CT molecular complexity index is 392. The SMILES string of the molecule is O=C=NC(c1ccc(F)cc1)C1CCNC1. The summed E-state index contributed by atoms with van der Waals surface area (Å²) in [4.78, 5) is 14.3. The van der Waals surface area contributed by atoms with Crippen molar-refractivity contribution < 1.29 is 9.18 Å². The summed E-state index contributed by atoms with van der Waals surface area (Å²) in [6, 6.07) is 5.95. The smallest absolute Gasteiger partial charge is 0.235 e. The van der Waals surface area contributed by atoms with Crippen LogP contribution in [-0.2, 0) is 4.79 Å². The number of carbonyl (C=O) groups excluding carboxylic acids is 1. The fourth-order valence-corrected chi connectivity index (χ4v) is 2.12. The van der Waals surface area contributed by atoms with Crippen molar-refractivity contribution >= 4 is 6.08 Å². The number of nitrogens with one attached hydrogen (secondary N) is 1. The first kappa shape index (κ1) is 11.0. The van der Waals surface area contributed by atoms with Crippen molar-refractivity contribution in [2.24, 2.45) is 10.9 Å². The summed E-state index contributed by atoms with van der Waals surface area (Å²) in [5.41, 5.74) is 0.874. The van der Waals surface area contributed by atoms with Gasteiger partial charge in [0.2, 0.25) is 6.08 Å². The van der Waals surface area contributed by atoms with Gasteiger partial charge in [-0.05, 0) is 36.6 Å². The van der Waals surface area contributed by atoms with Crippen LogP contribution in [0.5, 0.6) is 0 Å². The van der Waals surface area contributed by atoms with Crippen molar-refractivity contribution in [2.75, 3.05) is 13.1 Å². The van der Waals surface area contributed by atoms with E-state index < -0.39 is 0 Å². The van der Waals surface area contributed by atoms with Gasteiger partial charge in [0.15, 0.2) is 0 Å². The third-order valence-electron chi connectivity index (χ3n) is 2.95. The molecule has 1 fully saturated rings. The molecule has 2 rings (SSSR count). The second-order valence-electron chi connectivity index (χ2n) is 3.97. The minimum absolute atomic E-state index is 0.201. The summed E-state index contributed by atoms with van der Waals surface area (Å²) in [5, 5.41) is 3.23. The maximum Gasteiger partial charge on any atom is 0.235 e. The molecule has 2 unspecified atom stereocenters. The van der Waals surface area contributed by atoms with Crippen LogP contribution in [0.15, 0.2) is 29.3 Å². The number of rotatable bonds is 3. The Hall–Kier alpha value is -1.51. The van der Waals surface area contributed by atoms with E-state index in [0.29, 0.717) is 5.92 Å². The predicted molar refractivity (Wildman–Crippen MR) is 58.2 cm³/mol. The molecule has 0 bridgehead atoms. The molecule has 4 heteroatoms. The quantitative estimate of drug-likeness (QED) is 0.623. The van der Waals surface area contributed by atoms with E-state index >= 15 is 0 Å². The molecule has 3 nitrogen and oxygen atoms in total. The largest absolute Gasteiger partial charge is 0.316 e. The zero-order chi connectivity index (χ0) is 11.4. The van der Waals surface area contributed by atoms with Gasteiger partial charge in [-0.2, -0.15) is 4.99 Å². The van der Waals surface area contributed by atoms with Crippen LogP contribution in [0.2, 0.25) is 0 Å². The third-order valence-corrected chi connectivity index (χ3v) is 2.95. The fraction of sp³-hybridized carbons (Fsp3) is 0.417. The third kappa shape index (κ3) is 2.35. The number of nitrogens with zero attached hydrogens (tertiary/aromatic N) is 1. The Morgan fingerprint density at radius 2 is 2.19 bits per heavy atom. The minimum atomic E-state index is -0.276. The maximum atomic E-state index is 12.8. The first-order valence-corrected chi connectivity index (χ1v) is 5.34. The van der Waals surface area contributed by atoms with Crippen molar-refractivity contribution in [1.29, 1.82) is 0 Å². The van der Waals surface area contributed by atoms with E-state index in [-0.39, 0.29) is 11.9 Å². The molecule has 1 saturated heterocycles. The molecule has 1 aromatic rings. The Morgan fingerprint density at radius 3 is 2.75 bits per heavy atom. The van der Waals surface area contributed by atoms with E-state index in [1.54, 1.807) is 18.2 Å². The average Bonchev–Trinajstić information content (AvgIpc) is 2.81. The molecule has 1 aliphatic heterocycles. The van der Waals surface area contributed by atoms with E-state index in [9.17, 15) is 9.18 Å². The Morgan fingerprint density at radius 1 is 1.44 bits per heavy atom. The molecule has 0 aliphatic carbocycles. The zero-order valence-electron chi connectivity index (χ0n) is 8.82. The molecule has 0 spiro atoms. The highest BCUT2D eigenvalue weighted by atomic mass is 19.1. The second-order valence-corrected chi connectivity index (χ2v) is 3.97. The standard InChI is InChI=1S/C12H13FN2O/c13-11-3-1-9(2-4-11)12(15-8-16)10-5-6-14-7-10/h1-4,10,12,14H,5-7H2. The predicted octanol–water partition coefficient (Wildman–Crippen LogP) is 1.81. The molecule has 84 valence electrons. The van der Waals surface area contributed by atoms with Gasteiger partial charge in [-0.1, -0.05) is 12.1 Å². The molecular weight excluding hydrogens is 207 g/mol. The normalized spacial score (nSPS) is 21.4. The number of halogens is 1. The highest BCUT2D eigenvalue weighted by Gasteiger charge is 2.25. The van der Waals surface area contributed by atoms with E-state index in [4.69, 9.17) is 0 Å². The topological polar surface area (TPSA) is 41.5 Å². The second kappa shape index (κ2) is 5.01. The molecule has 1 aliphatic rings. The van der Waals surface area contributed by atoms with Crippen LogP contribution in [0.3, 0.4) is 0 Å². The highest BCUT2D eigenvalue weighted by molar-refractivity contribution is 5.36. The van der Waals surface area contributed by atoms with Crippen LogP contribution in [-0.4, -0.2) is 19.2 Å². The molecule has 0 saturated carbocycles. The van der Waals surface area contributed by atoms with Gasteiger partial charge in [-0.25, -0.2) is 9.18 Å². The highest BCUT2D eigenvalue weighted by Crippen LogP contribution is 2.29. The van der Waals surface area contributed by atoms with Crippen LogP contribution in [0.1, 0.15) is 18.0 Å². The van der Waals surface area contributed by atoms with Crippen molar-refractivity contribution in [3.63, 3.8) is 0 Å². The number of benzene rings is 1. The molecule has 1 heterocycles. The molecule has 0 amide bonds. The van der Waals surface area contributed by atoms with Crippen LogP contribution < -0.4 is 5.32 Å². The van der Waals surface area contributed by atoms with Crippen LogP contribution >= 0.6 is 0 Å². The summed E-state index contributed by atoms with van der Waals surface area (Å²) in [6.07, 6.45) is 2.59. The molecule has 2 atom stereocenters. The Kier molecular flexibility index (Phi) is 3.44. The van der Waals surface area contributed by atoms with Gasteiger partial charge in [0, 0.05) is 6.54 Å². The van der Waals surface area contributed by atoms with E-state index in [0.717, 1.165) is 25.1 Å². The van der Waals surface area contributed by atoms with Crippen molar-refractivity contribution in [1.82, 2.24) is 5.32 Å². The molecule has 1 N–H and O–H groups in total.